The van der Waals surface area contributed by atoms with Crippen LogP contribution >= 0.6 is 7.26 Å². The Bertz CT molecular complexity index is 1110. The van der Waals surface area contributed by atoms with E-state index in [2.05, 4.69) is 79.4 Å². The highest BCUT2D eigenvalue weighted by Gasteiger charge is 2.59. The van der Waals surface area contributed by atoms with Gasteiger partial charge in [-0.15, -0.1) is 0 Å². The van der Waals surface area contributed by atoms with Crippen LogP contribution in [0.4, 0.5) is 4.79 Å². The van der Waals surface area contributed by atoms with Crippen molar-refractivity contribution in [3.8, 4) is 0 Å². The molecule has 2 fully saturated rings. The number of amides is 2. The number of hydrogen-bond acceptors (Lipinski definition) is 3. The van der Waals surface area contributed by atoms with Crippen molar-refractivity contribution < 1.29 is 14.3 Å². The van der Waals surface area contributed by atoms with Crippen molar-refractivity contribution in [1.29, 1.82) is 0 Å². The van der Waals surface area contributed by atoms with E-state index in [1.54, 1.807) is 11.0 Å². The summed E-state index contributed by atoms with van der Waals surface area (Å²) in [7, 11) is -2.29. The Hall–Kier alpha value is -3.43. The first-order valence-corrected chi connectivity index (χ1v) is 14.4. The molecular formula is C30H32N2O3P+. The number of nitrogens with zero attached hydrogens (tertiary/aromatic N) is 2. The van der Waals surface area contributed by atoms with Gasteiger partial charge in [-0.1, -0.05) is 67.3 Å². The van der Waals surface area contributed by atoms with Crippen LogP contribution in [0.1, 0.15) is 12.8 Å². The van der Waals surface area contributed by atoms with E-state index in [0.29, 0.717) is 19.6 Å². The average molecular weight is 500 g/mol. The van der Waals surface area contributed by atoms with Gasteiger partial charge in [0.15, 0.2) is 5.66 Å². The summed E-state index contributed by atoms with van der Waals surface area (Å²) in [5, 5.41) is 3.68. The minimum absolute atomic E-state index is 0.0167. The maximum atomic E-state index is 14.3. The Labute approximate surface area is 213 Å². The highest BCUT2D eigenvalue weighted by Crippen LogP contribution is 2.62. The zero-order valence-corrected chi connectivity index (χ0v) is 21.3. The third-order valence-electron chi connectivity index (χ3n) is 7.36. The van der Waals surface area contributed by atoms with Crippen LogP contribution in [0.2, 0.25) is 0 Å². The van der Waals surface area contributed by atoms with Crippen molar-refractivity contribution in [2.24, 2.45) is 0 Å². The topological polar surface area (TPSA) is 49.9 Å². The smallest absolute Gasteiger partial charge is 0.410 e. The predicted molar refractivity (Wildman–Crippen MR) is 147 cm³/mol. The van der Waals surface area contributed by atoms with Crippen LogP contribution in [0, 0.1) is 0 Å². The number of likely N-dealkylation sites (tertiary alicyclic amines) is 2. The largest absolute Gasteiger partial charge is 0.445 e. The fourth-order valence-electron chi connectivity index (χ4n) is 5.77. The molecule has 5 rings (SSSR count). The summed E-state index contributed by atoms with van der Waals surface area (Å²) < 4.78 is 5.23. The Morgan fingerprint density at radius 3 is 1.89 bits per heavy atom. The van der Waals surface area contributed by atoms with Gasteiger partial charge >= 0.3 is 6.09 Å². The first-order valence-electron chi connectivity index (χ1n) is 12.5. The minimum atomic E-state index is -2.29. The molecule has 2 aliphatic rings. The highest BCUT2D eigenvalue weighted by atomic mass is 31.2. The zero-order valence-electron chi connectivity index (χ0n) is 20.4. The fraction of sp³-hybridized carbons (Fsp3) is 0.267. The van der Waals surface area contributed by atoms with Gasteiger partial charge in [-0.3, -0.25) is 4.79 Å². The third-order valence-corrected chi connectivity index (χ3v) is 12.1. The van der Waals surface area contributed by atoms with E-state index in [1.165, 1.54) is 15.9 Å². The molecule has 184 valence electrons. The molecule has 0 N–H and O–H groups in total. The van der Waals surface area contributed by atoms with Gasteiger partial charge in [0.2, 0.25) is 0 Å². The lowest BCUT2D eigenvalue weighted by Gasteiger charge is -2.32. The standard InChI is InChI=1S/C30H32N2O3P/c1-2-22-35-30(34)31-20-18-24(23-31)32-21-19-28(29(32)33)36(25-12-6-3-7-13-25,26-14-8-4-9-15-26)27-16-10-5-11-17-27/h2-17,24,28H,1,18-23H2/q+1/t24?,28-/m0/s1. The fourth-order valence-corrected chi connectivity index (χ4v) is 10.7. The molecule has 0 radical (unpaired) electrons. The maximum Gasteiger partial charge on any atom is 0.410 e. The van der Waals surface area contributed by atoms with Gasteiger partial charge < -0.3 is 14.5 Å². The number of carbonyl (C=O) groups excluding carboxylic acids is 2. The Balaban J connectivity index is 1.53. The van der Waals surface area contributed by atoms with Crippen molar-refractivity contribution in [2.75, 3.05) is 26.2 Å². The van der Waals surface area contributed by atoms with Crippen LogP contribution in [-0.2, 0) is 9.53 Å². The van der Waals surface area contributed by atoms with E-state index in [1.807, 2.05) is 23.1 Å². The summed E-state index contributed by atoms with van der Waals surface area (Å²) in [6, 6.07) is 31.8. The van der Waals surface area contributed by atoms with Crippen LogP contribution in [0.15, 0.2) is 104 Å². The van der Waals surface area contributed by atoms with Gasteiger partial charge in [0.25, 0.3) is 5.91 Å². The SMILES string of the molecule is C=CCOC(=O)N1CCC(N2CC[C@H]([P+](c3ccccc3)(c3ccccc3)c3ccccc3)C2=O)C1. The van der Waals surface area contributed by atoms with Crippen molar-refractivity contribution in [3.63, 3.8) is 0 Å². The molecular weight excluding hydrogens is 467 g/mol. The molecule has 0 aromatic heterocycles. The lowest BCUT2D eigenvalue weighted by Crippen LogP contribution is -2.45. The summed E-state index contributed by atoms with van der Waals surface area (Å²) in [4.78, 5) is 30.4. The molecule has 0 aliphatic carbocycles. The number of hydrogen-bond donors (Lipinski definition) is 0. The lowest BCUT2D eigenvalue weighted by molar-refractivity contribution is -0.129. The second-order valence-corrected chi connectivity index (χ2v) is 12.9. The van der Waals surface area contributed by atoms with Crippen molar-refractivity contribution in [1.82, 2.24) is 9.80 Å². The molecule has 2 amide bonds. The van der Waals surface area contributed by atoms with Crippen molar-refractivity contribution >= 4 is 35.2 Å². The highest BCUT2D eigenvalue weighted by molar-refractivity contribution is 7.96. The Morgan fingerprint density at radius 2 is 1.39 bits per heavy atom. The molecule has 2 aliphatic heterocycles. The zero-order chi connectivity index (χ0) is 25.0. The van der Waals surface area contributed by atoms with E-state index in [-0.39, 0.29) is 30.3 Å². The van der Waals surface area contributed by atoms with Crippen LogP contribution in [-0.4, -0.2) is 59.7 Å². The van der Waals surface area contributed by atoms with E-state index < -0.39 is 7.26 Å². The molecule has 36 heavy (non-hydrogen) atoms. The summed E-state index contributed by atoms with van der Waals surface area (Å²) in [6.07, 6.45) is 2.80. The molecule has 0 spiro atoms. The summed E-state index contributed by atoms with van der Waals surface area (Å²) >= 11 is 0. The molecule has 6 heteroatoms. The predicted octanol–water partition coefficient (Wildman–Crippen LogP) is 3.98. The van der Waals surface area contributed by atoms with Crippen LogP contribution < -0.4 is 15.9 Å². The molecule has 2 saturated heterocycles. The summed E-state index contributed by atoms with van der Waals surface area (Å²) in [5.74, 6) is 0.200. The minimum Gasteiger partial charge on any atom is -0.445 e. The number of carbonyl (C=O) groups is 2. The van der Waals surface area contributed by atoms with Crippen LogP contribution in [0.25, 0.3) is 0 Å². The van der Waals surface area contributed by atoms with Gasteiger partial charge in [-0.05, 0) is 42.8 Å². The van der Waals surface area contributed by atoms with Gasteiger partial charge in [0.1, 0.15) is 29.8 Å². The number of benzene rings is 3. The molecule has 3 aromatic carbocycles. The van der Waals surface area contributed by atoms with Crippen LogP contribution in [0.3, 0.4) is 0 Å². The molecule has 3 aromatic rings. The third kappa shape index (κ3) is 4.33. The normalized spacial score (nSPS) is 19.9. The molecule has 0 saturated carbocycles. The number of ether oxygens (including phenoxy) is 1. The first-order chi connectivity index (χ1) is 17.7. The number of rotatable bonds is 7. The molecule has 1 unspecified atom stereocenters. The van der Waals surface area contributed by atoms with Gasteiger partial charge in [-0.2, -0.15) is 0 Å². The summed E-state index contributed by atoms with van der Waals surface area (Å²) in [5.41, 5.74) is -0.147. The first kappa shape index (κ1) is 24.3. The lowest BCUT2D eigenvalue weighted by atomic mass is 10.2. The molecule has 2 atom stereocenters. The van der Waals surface area contributed by atoms with E-state index in [9.17, 15) is 9.59 Å². The second-order valence-electron chi connectivity index (χ2n) is 9.32. The monoisotopic (exact) mass is 499 g/mol. The van der Waals surface area contributed by atoms with Crippen molar-refractivity contribution in [2.45, 2.75) is 24.5 Å². The van der Waals surface area contributed by atoms with Crippen molar-refractivity contribution in [3.05, 3.63) is 104 Å². The second kappa shape index (κ2) is 10.7. The Kier molecular flexibility index (Phi) is 7.20. The maximum absolute atomic E-state index is 14.3. The van der Waals surface area contributed by atoms with Gasteiger partial charge in [-0.25, -0.2) is 4.79 Å². The van der Waals surface area contributed by atoms with E-state index in [4.69, 9.17) is 4.74 Å². The quantitative estimate of drug-likeness (QED) is 0.365. The van der Waals surface area contributed by atoms with Crippen LogP contribution in [0.5, 0.6) is 0 Å². The summed E-state index contributed by atoms with van der Waals surface area (Å²) in [6.45, 7) is 5.63. The molecule has 5 nitrogen and oxygen atoms in total. The van der Waals surface area contributed by atoms with E-state index in [0.717, 1.165) is 12.8 Å². The van der Waals surface area contributed by atoms with Gasteiger partial charge in [0.05, 0.1) is 6.04 Å². The van der Waals surface area contributed by atoms with E-state index >= 15 is 0 Å². The average Bonchev–Trinajstić information content (AvgIpc) is 3.57. The molecule has 0 bridgehead atoms. The molecule has 2 heterocycles. The Morgan fingerprint density at radius 1 is 0.861 bits per heavy atom. The van der Waals surface area contributed by atoms with Gasteiger partial charge in [0, 0.05) is 26.1 Å².